The van der Waals surface area contributed by atoms with Gasteiger partial charge in [-0.25, -0.2) is 4.39 Å². The topological polar surface area (TPSA) is 56.7 Å². The average Bonchev–Trinajstić information content (AvgIpc) is 3.00. The molecule has 0 bridgehead atoms. The van der Waals surface area contributed by atoms with E-state index in [1.54, 1.807) is 24.4 Å². The van der Waals surface area contributed by atoms with Gasteiger partial charge in [-0.3, -0.25) is 9.78 Å². The number of aromatic nitrogens is 1. The quantitative estimate of drug-likeness (QED) is 0.628. The molecule has 0 saturated carbocycles. The number of rotatable bonds is 4. The predicted molar refractivity (Wildman–Crippen MR) is 110 cm³/mol. The Morgan fingerprint density at radius 2 is 2.18 bits per heavy atom. The minimum absolute atomic E-state index is 0.0855. The van der Waals surface area contributed by atoms with Crippen LogP contribution in [0.15, 0.2) is 36.5 Å². The smallest absolute Gasteiger partial charge is 0.258 e. The molecule has 1 N–H and O–H groups in total. The van der Waals surface area contributed by atoms with Gasteiger partial charge in [-0.1, -0.05) is 29.6 Å². The average molecular weight is 418 g/mol. The molecule has 0 unspecified atom stereocenters. The van der Waals surface area contributed by atoms with E-state index in [-0.39, 0.29) is 30.3 Å². The summed E-state index contributed by atoms with van der Waals surface area (Å²) in [6, 6.07) is 8.06. The minimum atomic E-state index is -0.464. The van der Waals surface area contributed by atoms with E-state index in [9.17, 15) is 14.3 Å². The fourth-order valence-electron chi connectivity index (χ4n) is 3.57. The fourth-order valence-corrected chi connectivity index (χ4v) is 4.12. The monoisotopic (exact) mass is 417 g/mol. The summed E-state index contributed by atoms with van der Waals surface area (Å²) in [5, 5.41) is 11.8. The second-order valence-corrected chi connectivity index (χ2v) is 7.88. The van der Waals surface area contributed by atoms with Crippen LogP contribution in [-0.4, -0.2) is 34.2 Å². The number of benzene rings is 2. The van der Waals surface area contributed by atoms with Gasteiger partial charge in [0.25, 0.3) is 5.91 Å². The Balaban J connectivity index is 1.83. The van der Waals surface area contributed by atoms with Gasteiger partial charge in [0.05, 0.1) is 11.3 Å². The summed E-state index contributed by atoms with van der Waals surface area (Å²) in [4.78, 5) is 18.9. The van der Waals surface area contributed by atoms with Gasteiger partial charge in [0, 0.05) is 54.1 Å². The van der Waals surface area contributed by atoms with Crippen molar-refractivity contribution in [2.24, 2.45) is 0 Å². The van der Waals surface area contributed by atoms with Crippen molar-refractivity contribution in [3.05, 3.63) is 64.1 Å². The number of fused-ring (bicyclic) bond motifs is 2. The first-order valence-corrected chi connectivity index (χ1v) is 10.1. The number of carbonyl (C=O) groups is 1. The highest BCUT2D eigenvalue weighted by Gasteiger charge is 2.36. The standard InChI is InChI=1S/C20H17ClFN3O2S/c1-24(28-2)18-13-4-3-7-23-17(13)19(26)16-14(18)10-25(20(16)27)9-11-5-6-12(21)8-15(11)22/h3-8,26H,9-10H2,1-2H3. The molecule has 4 rings (SSSR count). The number of aromatic hydroxyl groups is 1. The number of pyridine rings is 1. The molecule has 1 aliphatic rings. The number of anilines is 1. The summed E-state index contributed by atoms with van der Waals surface area (Å²) in [5.41, 5.74) is 2.53. The first kappa shape index (κ1) is 18.8. The number of nitrogens with zero attached hydrogens (tertiary/aromatic N) is 3. The number of phenols is 1. The van der Waals surface area contributed by atoms with Crippen LogP contribution in [0.25, 0.3) is 10.9 Å². The zero-order valence-corrected chi connectivity index (χ0v) is 16.8. The van der Waals surface area contributed by atoms with E-state index < -0.39 is 5.82 Å². The van der Waals surface area contributed by atoms with E-state index >= 15 is 0 Å². The zero-order chi connectivity index (χ0) is 20.0. The maximum absolute atomic E-state index is 14.2. The molecule has 2 heterocycles. The van der Waals surface area contributed by atoms with Crippen LogP contribution in [0, 0.1) is 5.82 Å². The largest absolute Gasteiger partial charge is 0.505 e. The summed E-state index contributed by atoms with van der Waals surface area (Å²) in [6.45, 7) is 0.358. The van der Waals surface area contributed by atoms with Gasteiger partial charge in [-0.05, 0) is 24.3 Å². The molecule has 2 aromatic carbocycles. The Morgan fingerprint density at radius 1 is 1.39 bits per heavy atom. The third-order valence-corrected chi connectivity index (χ3v) is 5.89. The summed E-state index contributed by atoms with van der Waals surface area (Å²) in [7, 11) is 1.90. The van der Waals surface area contributed by atoms with Crippen LogP contribution in [0.1, 0.15) is 21.5 Å². The van der Waals surface area contributed by atoms with Gasteiger partial charge < -0.3 is 14.3 Å². The molecule has 5 nitrogen and oxygen atoms in total. The van der Waals surface area contributed by atoms with Crippen molar-refractivity contribution in [2.75, 3.05) is 17.6 Å². The van der Waals surface area contributed by atoms with Crippen molar-refractivity contribution in [1.29, 1.82) is 0 Å². The number of halogens is 2. The van der Waals surface area contributed by atoms with Gasteiger partial charge in [0.15, 0.2) is 5.75 Å². The summed E-state index contributed by atoms with van der Waals surface area (Å²) >= 11 is 7.31. The molecule has 0 spiro atoms. The second kappa shape index (κ2) is 7.14. The normalized spacial score (nSPS) is 13.3. The highest BCUT2D eigenvalue weighted by molar-refractivity contribution is 7.99. The zero-order valence-electron chi connectivity index (χ0n) is 15.2. The molecule has 3 aromatic rings. The summed E-state index contributed by atoms with van der Waals surface area (Å²) in [5.74, 6) is -0.938. The Kier molecular flexibility index (Phi) is 4.81. The van der Waals surface area contributed by atoms with Crippen LogP contribution in [-0.2, 0) is 13.1 Å². The number of amides is 1. The molecule has 28 heavy (non-hydrogen) atoms. The minimum Gasteiger partial charge on any atom is -0.505 e. The maximum atomic E-state index is 14.2. The third-order valence-electron chi connectivity index (χ3n) is 4.93. The fraction of sp³-hybridized carbons (Fsp3) is 0.200. The SMILES string of the molecule is CSN(C)c1c2c(c(O)c3ncccc13)C(=O)N(Cc1ccc(Cl)cc1F)C2. The van der Waals surface area contributed by atoms with Gasteiger partial charge in [-0.15, -0.1) is 0 Å². The van der Waals surface area contributed by atoms with E-state index in [0.717, 1.165) is 11.1 Å². The summed E-state index contributed by atoms with van der Waals surface area (Å²) in [6.07, 6.45) is 3.51. The predicted octanol–water partition coefficient (Wildman–Crippen LogP) is 4.60. The van der Waals surface area contributed by atoms with E-state index in [1.807, 2.05) is 23.7 Å². The Bertz CT molecular complexity index is 1110. The third kappa shape index (κ3) is 2.95. The second-order valence-electron chi connectivity index (χ2n) is 6.53. The number of phenolic OH excluding ortho intramolecular Hbond substituents is 1. The first-order chi connectivity index (χ1) is 13.4. The first-order valence-electron chi connectivity index (χ1n) is 8.56. The molecule has 0 saturated heterocycles. The maximum Gasteiger partial charge on any atom is 0.258 e. The molecule has 8 heteroatoms. The highest BCUT2D eigenvalue weighted by atomic mass is 35.5. The number of hydrogen-bond donors (Lipinski definition) is 1. The lowest BCUT2D eigenvalue weighted by Crippen LogP contribution is -2.23. The van der Waals surface area contributed by atoms with Gasteiger partial charge in [-0.2, -0.15) is 0 Å². The van der Waals surface area contributed by atoms with Crippen LogP contribution in [0.4, 0.5) is 10.1 Å². The van der Waals surface area contributed by atoms with Crippen molar-refractivity contribution in [3.63, 3.8) is 0 Å². The number of hydrogen-bond acceptors (Lipinski definition) is 5. The lowest BCUT2D eigenvalue weighted by molar-refractivity contribution is 0.0763. The molecule has 0 fully saturated rings. The van der Waals surface area contributed by atoms with E-state index in [2.05, 4.69) is 4.98 Å². The van der Waals surface area contributed by atoms with Crippen molar-refractivity contribution in [3.8, 4) is 5.75 Å². The van der Waals surface area contributed by atoms with Crippen LogP contribution in [0.2, 0.25) is 5.02 Å². The van der Waals surface area contributed by atoms with Crippen LogP contribution >= 0.6 is 23.5 Å². The molecule has 1 aromatic heterocycles. The molecule has 0 radical (unpaired) electrons. The van der Waals surface area contributed by atoms with Crippen molar-refractivity contribution < 1.29 is 14.3 Å². The van der Waals surface area contributed by atoms with E-state index in [4.69, 9.17) is 11.6 Å². The van der Waals surface area contributed by atoms with Gasteiger partial charge in [0.1, 0.15) is 11.3 Å². The van der Waals surface area contributed by atoms with Crippen LogP contribution in [0.3, 0.4) is 0 Å². The Hall–Kier alpha value is -2.51. The summed E-state index contributed by atoms with van der Waals surface area (Å²) < 4.78 is 16.2. The molecule has 1 amide bonds. The van der Waals surface area contributed by atoms with E-state index in [1.165, 1.54) is 22.9 Å². The lowest BCUT2D eigenvalue weighted by Gasteiger charge is -2.22. The van der Waals surface area contributed by atoms with Crippen LogP contribution < -0.4 is 4.31 Å². The van der Waals surface area contributed by atoms with Crippen molar-refractivity contribution in [2.45, 2.75) is 13.1 Å². The number of carbonyl (C=O) groups excluding carboxylic acids is 1. The molecule has 0 atom stereocenters. The van der Waals surface area contributed by atoms with Crippen molar-refractivity contribution in [1.82, 2.24) is 9.88 Å². The lowest BCUT2D eigenvalue weighted by atomic mass is 10.0. The Morgan fingerprint density at radius 3 is 2.89 bits per heavy atom. The van der Waals surface area contributed by atoms with Gasteiger partial charge >= 0.3 is 0 Å². The molecule has 144 valence electrons. The highest BCUT2D eigenvalue weighted by Crippen LogP contribution is 2.45. The molecule has 1 aliphatic heterocycles. The van der Waals surface area contributed by atoms with Crippen molar-refractivity contribution >= 4 is 46.0 Å². The van der Waals surface area contributed by atoms with Gasteiger partial charge in [0.2, 0.25) is 0 Å². The van der Waals surface area contributed by atoms with Crippen LogP contribution in [0.5, 0.6) is 5.75 Å². The molecular weight excluding hydrogens is 401 g/mol. The van der Waals surface area contributed by atoms with E-state index in [0.29, 0.717) is 21.7 Å². The molecule has 0 aliphatic carbocycles. The molecular formula is C20H17ClFN3O2S. The Labute approximate surface area is 170 Å².